The number of aromatic nitrogens is 2. The van der Waals surface area contributed by atoms with Crippen molar-refractivity contribution >= 4 is 17.7 Å². The van der Waals surface area contributed by atoms with Gasteiger partial charge in [0.05, 0.1) is 11.4 Å². The number of carbonyl (C=O) groups is 1. The average Bonchev–Trinajstić information content (AvgIpc) is 2.62. The van der Waals surface area contributed by atoms with Crippen LogP contribution in [0.5, 0.6) is 0 Å². The molecule has 0 radical (unpaired) electrons. The normalized spacial score (nSPS) is 11.1. The van der Waals surface area contributed by atoms with Gasteiger partial charge in [0, 0.05) is 12.7 Å². The Labute approximate surface area is 112 Å². The van der Waals surface area contributed by atoms with Gasteiger partial charge in [-0.1, -0.05) is 11.8 Å². The fourth-order valence-electron chi connectivity index (χ4n) is 1.64. The number of carboxylic acid groups (broad SMARTS) is 1. The molecule has 1 aromatic heterocycles. The predicted octanol–water partition coefficient (Wildman–Crippen LogP) is 1.71. The first-order valence-corrected chi connectivity index (χ1v) is 7.00. The molecule has 0 spiro atoms. The number of hydrogen-bond donors (Lipinski definition) is 1. The summed E-state index contributed by atoms with van der Waals surface area (Å²) < 4.78 is 2.05. The summed E-state index contributed by atoms with van der Waals surface area (Å²) in [7, 11) is 4.13. The predicted molar refractivity (Wildman–Crippen MR) is 73.1 cm³/mol. The SMILES string of the molecule is Cc1cn(CCCCN(C)C)c(SCC(=O)O)n1. The molecule has 1 rings (SSSR count). The molecule has 0 aliphatic carbocycles. The number of thioether (sulfide) groups is 1. The minimum absolute atomic E-state index is 0.0636. The van der Waals surface area contributed by atoms with Crippen LogP contribution in [-0.2, 0) is 11.3 Å². The number of aryl methyl sites for hydroxylation is 2. The third-order valence-corrected chi connectivity index (χ3v) is 3.41. The lowest BCUT2D eigenvalue weighted by atomic mass is 10.3. The maximum absolute atomic E-state index is 10.6. The second-order valence-electron chi connectivity index (χ2n) is 4.55. The van der Waals surface area contributed by atoms with Crippen LogP contribution >= 0.6 is 11.8 Å². The van der Waals surface area contributed by atoms with Crippen molar-refractivity contribution in [2.75, 3.05) is 26.4 Å². The number of imidazole rings is 1. The third-order valence-electron chi connectivity index (χ3n) is 2.44. The molecule has 18 heavy (non-hydrogen) atoms. The Kier molecular flexibility index (Phi) is 6.21. The number of carboxylic acids is 1. The van der Waals surface area contributed by atoms with Crippen LogP contribution in [0.25, 0.3) is 0 Å². The van der Waals surface area contributed by atoms with Crippen LogP contribution in [0, 0.1) is 6.92 Å². The lowest BCUT2D eigenvalue weighted by Crippen LogP contribution is -2.13. The highest BCUT2D eigenvalue weighted by Crippen LogP contribution is 2.18. The zero-order chi connectivity index (χ0) is 13.5. The number of hydrogen-bond acceptors (Lipinski definition) is 4. The van der Waals surface area contributed by atoms with Crippen LogP contribution in [0.4, 0.5) is 0 Å². The van der Waals surface area contributed by atoms with E-state index in [1.165, 1.54) is 11.8 Å². The van der Waals surface area contributed by atoms with E-state index < -0.39 is 5.97 Å². The molecule has 102 valence electrons. The van der Waals surface area contributed by atoms with Crippen molar-refractivity contribution < 1.29 is 9.90 Å². The Morgan fingerprint density at radius 3 is 2.83 bits per heavy atom. The van der Waals surface area contributed by atoms with E-state index in [0.29, 0.717) is 0 Å². The molecule has 0 bridgehead atoms. The van der Waals surface area contributed by atoms with Gasteiger partial charge >= 0.3 is 5.97 Å². The Hall–Kier alpha value is -1.01. The first kappa shape index (κ1) is 15.0. The molecule has 0 aliphatic rings. The third kappa shape index (κ3) is 5.55. The number of nitrogens with zero attached hydrogens (tertiary/aromatic N) is 3. The smallest absolute Gasteiger partial charge is 0.313 e. The Morgan fingerprint density at radius 2 is 2.22 bits per heavy atom. The van der Waals surface area contributed by atoms with E-state index in [4.69, 9.17) is 5.11 Å². The summed E-state index contributed by atoms with van der Waals surface area (Å²) >= 11 is 1.28. The molecule has 1 N–H and O–H groups in total. The molecular formula is C12H21N3O2S. The summed E-state index contributed by atoms with van der Waals surface area (Å²) in [6.45, 7) is 3.91. The molecule has 0 aromatic carbocycles. The average molecular weight is 271 g/mol. The van der Waals surface area contributed by atoms with Crippen LogP contribution < -0.4 is 0 Å². The highest BCUT2D eigenvalue weighted by Gasteiger charge is 2.08. The van der Waals surface area contributed by atoms with Gasteiger partial charge in [0.25, 0.3) is 0 Å². The molecule has 5 nitrogen and oxygen atoms in total. The molecule has 0 fully saturated rings. The standard InChI is InChI=1S/C12H21N3O2S/c1-10-8-15(7-5-4-6-14(2)3)12(13-10)18-9-11(16)17/h8H,4-7,9H2,1-3H3,(H,16,17). The first-order valence-electron chi connectivity index (χ1n) is 6.02. The fourth-order valence-corrected chi connectivity index (χ4v) is 2.41. The van der Waals surface area contributed by atoms with Gasteiger partial charge < -0.3 is 14.6 Å². The van der Waals surface area contributed by atoms with Crippen molar-refractivity contribution in [3.63, 3.8) is 0 Å². The Bertz CT molecular complexity index is 391. The van der Waals surface area contributed by atoms with Gasteiger partial charge in [0.2, 0.25) is 0 Å². The van der Waals surface area contributed by atoms with Gasteiger partial charge in [-0.3, -0.25) is 4.79 Å². The minimum Gasteiger partial charge on any atom is -0.481 e. The van der Waals surface area contributed by atoms with E-state index in [1.54, 1.807) is 0 Å². The molecule has 1 aromatic rings. The number of aliphatic carboxylic acids is 1. The van der Waals surface area contributed by atoms with Crippen LogP contribution in [0.2, 0.25) is 0 Å². The van der Waals surface area contributed by atoms with Gasteiger partial charge in [-0.15, -0.1) is 0 Å². The largest absolute Gasteiger partial charge is 0.481 e. The highest BCUT2D eigenvalue weighted by atomic mass is 32.2. The van der Waals surface area contributed by atoms with Crippen LogP contribution in [0.15, 0.2) is 11.4 Å². The van der Waals surface area contributed by atoms with Crippen LogP contribution in [0.3, 0.4) is 0 Å². The van der Waals surface area contributed by atoms with Crippen molar-refractivity contribution in [3.8, 4) is 0 Å². The van der Waals surface area contributed by atoms with Gasteiger partial charge in [0.15, 0.2) is 5.16 Å². The second kappa shape index (κ2) is 7.43. The lowest BCUT2D eigenvalue weighted by Gasteiger charge is -2.10. The molecule has 0 unspecified atom stereocenters. The summed E-state index contributed by atoms with van der Waals surface area (Å²) in [6, 6.07) is 0. The zero-order valence-electron chi connectivity index (χ0n) is 11.2. The van der Waals surface area contributed by atoms with E-state index in [-0.39, 0.29) is 5.75 Å². The molecule has 0 saturated carbocycles. The van der Waals surface area contributed by atoms with Crippen molar-refractivity contribution in [1.29, 1.82) is 0 Å². The summed E-state index contributed by atoms with van der Waals surface area (Å²) in [5.74, 6) is -0.742. The summed E-state index contributed by atoms with van der Waals surface area (Å²) in [4.78, 5) is 17.1. The zero-order valence-corrected chi connectivity index (χ0v) is 12.0. The van der Waals surface area contributed by atoms with Crippen molar-refractivity contribution in [3.05, 3.63) is 11.9 Å². The first-order chi connectivity index (χ1) is 8.49. The van der Waals surface area contributed by atoms with E-state index >= 15 is 0 Å². The second-order valence-corrected chi connectivity index (χ2v) is 5.49. The minimum atomic E-state index is -0.806. The molecule has 0 amide bonds. The van der Waals surface area contributed by atoms with E-state index in [2.05, 4.69) is 28.5 Å². The molecule has 6 heteroatoms. The molecular weight excluding hydrogens is 250 g/mol. The lowest BCUT2D eigenvalue weighted by molar-refractivity contribution is -0.133. The highest BCUT2D eigenvalue weighted by molar-refractivity contribution is 7.99. The maximum atomic E-state index is 10.6. The van der Waals surface area contributed by atoms with E-state index in [1.807, 2.05) is 13.1 Å². The molecule has 0 aliphatic heterocycles. The van der Waals surface area contributed by atoms with Gasteiger partial charge in [0.1, 0.15) is 0 Å². The molecule has 0 saturated heterocycles. The van der Waals surface area contributed by atoms with Crippen LogP contribution in [-0.4, -0.2) is 51.9 Å². The van der Waals surface area contributed by atoms with Crippen molar-refractivity contribution in [2.24, 2.45) is 0 Å². The monoisotopic (exact) mass is 271 g/mol. The van der Waals surface area contributed by atoms with Gasteiger partial charge in [-0.05, 0) is 40.4 Å². The van der Waals surface area contributed by atoms with Crippen LogP contribution in [0.1, 0.15) is 18.5 Å². The number of rotatable bonds is 8. The molecule has 1 heterocycles. The van der Waals surface area contributed by atoms with E-state index in [0.717, 1.165) is 36.8 Å². The quantitative estimate of drug-likeness (QED) is 0.576. The Balaban J connectivity index is 2.45. The summed E-state index contributed by atoms with van der Waals surface area (Å²) in [6.07, 6.45) is 4.20. The summed E-state index contributed by atoms with van der Waals surface area (Å²) in [5.41, 5.74) is 0.940. The maximum Gasteiger partial charge on any atom is 0.313 e. The van der Waals surface area contributed by atoms with Gasteiger partial charge in [-0.25, -0.2) is 4.98 Å². The van der Waals surface area contributed by atoms with Crippen molar-refractivity contribution in [1.82, 2.24) is 14.5 Å². The molecule has 0 atom stereocenters. The van der Waals surface area contributed by atoms with Crippen molar-refractivity contribution in [2.45, 2.75) is 31.5 Å². The number of unbranched alkanes of at least 4 members (excludes halogenated alkanes) is 1. The van der Waals surface area contributed by atoms with Gasteiger partial charge in [-0.2, -0.15) is 0 Å². The van der Waals surface area contributed by atoms with E-state index in [9.17, 15) is 4.79 Å². The Morgan fingerprint density at radius 1 is 1.50 bits per heavy atom. The fraction of sp³-hybridized carbons (Fsp3) is 0.667. The summed E-state index contributed by atoms with van der Waals surface area (Å²) in [5, 5.41) is 9.49. The topological polar surface area (TPSA) is 58.4 Å².